The van der Waals surface area contributed by atoms with E-state index < -0.39 is 0 Å². The third kappa shape index (κ3) is 5.55. The molecule has 0 aliphatic heterocycles. The van der Waals surface area contributed by atoms with Gasteiger partial charge in [0.1, 0.15) is 0 Å². The molecule has 1 saturated carbocycles. The number of nitrogens with one attached hydrogen (secondary N) is 1. The van der Waals surface area contributed by atoms with Crippen molar-refractivity contribution in [1.29, 1.82) is 0 Å². The maximum atomic E-state index is 3.72. The Kier molecular flexibility index (Phi) is 5.27. The van der Waals surface area contributed by atoms with Crippen molar-refractivity contribution < 1.29 is 0 Å². The summed E-state index contributed by atoms with van der Waals surface area (Å²) in [5.74, 6) is 0. The van der Waals surface area contributed by atoms with Crippen LogP contribution in [0.3, 0.4) is 0 Å². The Balaban J connectivity index is 1.90. The van der Waals surface area contributed by atoms with Crippen LogP contribution < -0.4 is 5.32 Å². The highest BCUT2D eigenvalue weighted by molar-refractivity contribution is 9.10. The van der Waals surface area contributed by atoms with E-state index in [9.17, 15) is 0 Å². The molecule has 2 nitrogen and oxygen atoms in total. The zero-order valence-corrected chi connectivity index (χ0v) is 14.8. The second kappa shape index (κ2) is 6.59. The van der Waals surface area contributed by atoms with Gasteiger partial charge in [0.05, 0.1) is 0 Å². The largest absolute Gasteiger partial charge is 0.310 e. The summed E-state index contributed by atoms with van der Waals surface area (Å²) in [7, 11) is 2.19. The lowest BCUT2D eigenvalue weighted by molar-refractivity contribution is 0.220. The van der Waals surface area contributed by atoms with Crippen LogP contribution in [0.25, 0.3) is 0 Å². The van der Waals surface area contributed by atoms with Crippen LogP contribution in [0.15, 0.2) is 22.7 Å². The molecule has 0 amide bonds. The summed E-state index contributed by atoms with van der Waals surface area (Å²) < 4.78 is 1.23. The van der Waals surface area contributed by atoms with Crippen LogP contribution in [-0.2, 0) is 13.1 Å². The Hall–Kier alpha value is -0.380. The maximum absolute atomic E-state index is 3.72. The summed E-state index contributed by atoms with van der Waals surface area (Å²) in [5.41, 5.74) is 3.08. The molecule has 1 aromatic rings. The van der Waals surface area contributed by atoms with Gasteiger partial charge in [0, 0.05) is 30.1 Å². The molecule has 1 aliphatic carbocycles. The SMILES string of the molecule is CN(Cc1ccc(CNC2CC2)cc1Br)CC(C)(C)C. The molecule has 1 N–H and O–H groups in total. The van der Waals surface area contributed by atoms with E-state index in [1.165, 1.54) is 28.4 Å². The first-order chi connectivity index (χ1) is 9.33. The monoisotopic (exact) mass is 338 g/mol. The molecule has 2 rings (SSSR count). The molecule has 0 unspecified atom stereocenters. The summed E-state index contributed by atoms with van der Waals surface area (Å²) in [6.07, 6.45) is 2.69. The van der Waals surface area contributed by atoms with Crippen LogP contribution >= 0.6 is 15.9 Å². The molecular weight excluding hydrogens is 312 g/mol. The number of nitrogens with zero attached hydrogens (tertiary/aromatic N) is 1. The molecule has 112 valence electrons. The number of rotatable bonds is 6. The number of hydrogen-bond acceptors (Lipinski definition) is 2. The Bertz CT molecular complexity index is 447. The minimum atomic E-state index is 0.343. The fourth-order valence-corrected chi connectivity index (χ4v) is 3.09. The summed E-state index contributed by atoms with van der Waals surface area (Å²) in [5, 5.41) is 3.56. The number of benzene rings is 1. The minimum Gasteiger partial charge on any atom is -0.310 e. The van der Waals surface area contributed by atoms with Crippen molar-refractivity contribution in [1.82, 2.24) is 10.2 Å². The van der Waals surface area contributed by atoms with Gasteiger partial charge in [-0.1, -0.05) is 48.8 Å². The van der Waals surface area contributed by atoms with Crippen LogP contribution in [0.4, 0.5) is 0 Å². The van der Waals surface area contributed by atoms with Crippen molar-refractivity contribution in [3.63, 3.8) is 0 Å². The molecule has 0 atom stereocenters. The van der Waals surface area contributed by atoms with Gasteiger partial charge in [0.25, 0.3) is 0 Å². The molecule has 0 spiro atoms. The first kappa shape index (κ1) is 16.0. The van der Waals surface area contributed by atoms with E-state index in [1.54, 1.807) is 0 Å². The summed E-state index contributed by atoms with van der Waals surface area (Å²) in [4.78, 5) is 2.39. The molecular formula is C17H27BrN2. The van der Waals surface area contributed by atoms with Gasteiger partial charge < -0.3 is 10.2 Å². The maximum Gasteiger partial charge on any atom is 0.0242 e. The van der Waals surface area contributed by atoms with Crippen molar-refractivity contribution in [3.05, 3.63) is 33.8 Å². The second-order valence-electron chi connectivity index (χ2n) is 7.31. The van der Waals surface area contributed by atoms with Gasteiger partial charge in [0.15, 0.2) is 0 Å². The Morgan fingerprint density at radius 1 is 1.30 bits per heavy atom. The Labute approximate surface area is 132 Å². The van der Waals surface area contributed by atoms with Crippen LogP contribution in [0.5, 0.6) is 0 Å². The Morgan fingerprint density at radius 2 is 2.00 bits per heavy atom. The topological polar surface area (TPSA) is 15.3 Å². The first-order valence-electron chi connectivity index (χ1n) is 7.53. The van der Waals surface area contributed by atoms with Crippen LogP contribution in [0.2, 0.25) is 0 Å². The normalized spacial score (nSPS) is 15.9. The number of hydrogen-bond donors (Lipinski definition) is 1. The molecule has 0 radical (unpaired) electrons. The molecule has 3 heteroatoms. The van der Waals surface area contributed by atoms with E-state index in [-0.39, 0.29) is 0 Å². The lowest BCUT2D eigenvalue weighted by Gasteiger charge is -2.27. The Morgan fingerprint density at radius 3 is 2.55 bits per heavy atom. The fourth-order valence-electron chi connectivity index (χ4n) is 2.54. The quantitative estimate of drug-likeness (QED) is 0.836. The summed E-state index contributed by atoms with van der Waals surface area (Å²) in [6.45, 7) is 9.93. The average Bonchev–Trinajstić information content (AvgIpc) is 3.11. The second-order valence-corrected chi connectivity index (χ2v) is 8.17. The molecule has 0 aromatic heterocycles. The molecule has 1 aliphatic rings. The first-order valence-corrected chi connectivity index (χ1v) is 8.32. The lowest BCUT2D eigenvalue weighted by Crippen LogP contribution is -2.29. The fraction of sp³-hybridized carbons (Fsp3) is 0.647. The number of halogens is 1. The van der Waals surface area contributed by atoms with Crippen LogP contribution in [0, 0.1) is 5.41 Å². The van der Waals surface area contributed by atoms with E-state index in [2.05, 4.69) is 72.2 Å². The van der Waals surface area contributed by atoms with Gasteiger partial charge in [-0.15, -0.1) is 0 Å². The van der Waals surface area contributed by atoms with Crippen LogP contribution in [0.1, 0.15) is 44.7 Å². The van der Waals surface area contributed by atoms with Crippen LogP contribution in [-0.4, -0.2) is 24.5 Å². The zero-order valence-electron chi connectivity index (χ0n) is 13.2. The standard InChI is InChI=1S/C17H27BrN2/c1-17(2,3)12-20(4)11-14-6-5-13(9-16(14)18)10-19-15-7-8-15/h5-6,9,15,19H,7-8,10-12H2,1-4H3. The van der Waals surface area contributed by atoms with E-state index in [1.807, 2.05) is 0 Å². The molecule has 0 bridgehead atoms. The van der Waals surface area contributed by atoms with E-state index in [0.29, 0.717) is 5.41 Å². The predicted molar refractivity (Wildman–Crippen MR) is 89.8 cm³/mol. The van der Waals surface area contributed by atoms with Gasteiger partial charge in [-0.2, -0.15) is 0 Å². The average molecular weight is 339 g/mol. The van der Waals surface area contributed by atoms with Gasteiger partial charge >= 0.3 is 0 Å². The minimum absolute atomic E-state index is 0.343. The molecule has 20 heavy (non-hydrogen) atoms. The van der Waals surface area contributed by atoms with E-state index in [4.69, 9.17) is 0 Å². The zero-order chi connectivity index (χ0) is 14.8. The molecule has 1 aromatic carbocycles. The highest BCUT2D eigenvalue weighted by Crippen LogP contribution is 2.23. The smallest absolute Gasteiger partial charge is 0.0242 e. The van der Waals surface area contributed by atoms with Gasteiger partial charge in [0.2, 0.25) is 0 Å². The summed E-state index contributed by atoms with van der Waals surface area (Å²) >= 11 is 3.72. The highest BCUT2D eigenvalue weighted by Gasteiger charge is 2.20. The van der Waals surface area contributed by atoms with Crippen molar-refractivity contribution in [2.24, 2.45) is 5.41 Å². The third-order valence-corrected chi connectivity index (χ3v) is 4.21. The van der Waals surface area contributed by atoms with Crippen molar-refractivity contribution in [3.8, 4) is 0 Å². The highest BCUT2D eigenvalue weighted by atomic mass is 79.9. The molecule has 0 saturated heterocycles. The van der Waals surface area contributed by atoms with Gasteiger partial charge in [-0.3, -0.25) is 0 Å². The molecule has 0 heterocycles. The van der Waals surface area contributed by atoms with Crippen molar-refractivity contribution in [2.45, 2.75) is 52.7 Å². The summed E-state index contributed by atoms with van der Waals surface area (Å²) in [6, 6.07) is 7.54. The van der Waals surface area contributed by atoms with E-state index >= 15 is 0 Å². The third-order valence-electron chi connectivity index (χ3n) is 3.47. The van der Waals surface area contributed by atoms with Gasteiger partial charge in [-0.25, -0.2) is 0 Å². The van der Waals surface area contributed by atoms with E-state index in [0.717, 1.165) is 25.7 Å². The molecule has 1 fully saturated rings. The van der Waals surface area contributed by atoms with Crippen molar-refractivity contribution in [2.75, 3.05) is 13.6 Å². The van der Waals surface area contributed by atoms with Gasteiger partial charge in [-0.05, 0) is 42.5 Å². The lowest BCUT2D eigenvalue weighted by atomic mass is 9.96. The van der Waals surface area contributed by atoms with Crippen molar-refractivity contribution >= 4 is 15.9 Å². The predicted octanol–water partition coefficient (Wildman–Crippen LogP) is 4.18.